The zero-order valence-corrected chi connectivity index (χ0v) is 9.26. The molecule has 0 unspecified atom stereocenters. The molecule has 1 fully saturated rings. The number of piperidine rings is 1. The molecule has 6 heteroatoms. The number of hydrogen-bond donors (Lipinski definition) is 2. The van der Waals surface area contributed by atoms with E-state index in [9.17, 15) is 13.5 Å². The first-order valence-corrected chi connectivity index (χ1v) is 6.43. The number of rotatable bonds is 4. The van der Waals surface area contributed by atoms with E-state index in [1.54, 1.807) is 0 Å². The molecular formula is C8H18N2O3S. The van der Waals surface area contributed by atoms with Crippen LogP contribution in [0.1, 0.15) is 26.2 Å². The number of β-amino-alcohol motifs (C(OH)–C–C–N with tert-alkyl or cyclic N) is 1. The van der Waals surface area contributed by atoms with Crippen LogP contribution in [0.15, 0.2) is 0 Å². The van der Waals surface area contributed by atoms with Crippen molar-refractivity contribution >= 4 is 10.2 Å². The molecule has 1 rings (SSSR count). The maximum absolute atomic E-state index is 11.6. The Bertz CT molecular complexity index is 266. The molecule has 0 aromatic rings. The molecule has 0 amide bonds. The highest BCUT2D eigenvalue weighted by Gasteiger charge is 2.26. The van der Waals surface area contributed by atoms with E-state index in [0.717, 1.165) is 12.8 Å². The van der Waals surface area contributed by atoms with E-state index in [2.05, 4.69) is 4.72 Å². The van der Waals surface area contributed by atoms with E-state index >= 15 is 0 Å². The topological polar surface area (TPSA) is 69.6 Å². The Morgan fingerprint density at radius 3 is 2.86 bits per heavy atom. The standard InChI is InChI=1S/C8H18N2O3S/c1-2-5-9-14(12,13)10-6-3-4-8(11)7-10/h8-9,11H,2-7H2,1H3/t8-/m0/s1. The summed E-state index contributed by atoms with van der Waals surface area (Å²) in [6, 6.07) is 0. The molecule has 5 nitrogen and oxygen atoms in total. The third kappa shape index (κ3) is 3.20. The minimum absolute atomic E-state index is 0.221. The molecule has 1 aliphatic heterocycles. The molecule has 0 spiro atoms. The van der Waals surface area contributed by atoms with Crippen molar-refractivity contribution in [2.45, 2.75) is 32.3 Å². The van der Waals surface area contributed by atoms with Gasteiger partial charge in [0.25, 0.3) is 10.2 Å². The first-order chi connectivity index (χ1) is 6.56. The SMILES string of the molecule is CCCNS(=O)(=O)N1CCC[C@H](O)C1. The molecular weight excluding hydrogens is 204 g/mol. The van der Waals surface area contributed by atoms with Crippen LogP contribution in [0.5, 0.6) is 0 Å². The Kier molecular flexibility index (Phi) is 4.31. The average molecular weight is 222 g/mol. The van der Waals surface area contributed by atoms with Crippen LogP contribution in [0.4, 0.5) is 0 Å². The second kappa shape index (κ2) is 5.06. The summed E-state index contributed by atoms with van der Waals surface area (Å²) in [7, 11) is -3.36. The number of hydrogen-bond acceptors (Lipinski definition) is 3. The summed E-state index contributed by atoms with van der Waals surface area (Å²) in [5, 5.41) is 9.33. The Hall–Kier alpha value is -0.170. The van der Waals surface area contributed by atoms with Gasteiger partial charge in [0.05, 0.1) is 6.10 Å². The molecule has 0 saturated carbocycles. The van der Waals surface area contributed by atoms with Crippen molar-refractivity contribution in [2.75, 3.05) is 19.6 Å². The summed E-state index contributed by atoms with van der Waals surface area (Å²) in [6.07, 6.45) is 1.69. The van der Waals surface area contributed by atoms with E-state index < -0.39 is 16.3 Å². The molecule has 84 valence electrons. The molecule has 1 saturated heterocycles. The second-order valence-electron chi connectivity index (χ2n) is 3.55. The van der Waals surface area contributed by atoms with Gasteiger partial charge < -0.3 is 5.11 Å². The van der Waals surface area contributed by atoms with E-state index in [1.807, 2.05) is 6.92 Å². The monoisotopic (exact) mass is 222 g/mol. The van der Waals surface area contributed by atoms with Gasteiger partial charge in [0, 0.05) is 19.6 Å². The van der Waals surface area contributed by atoms with Gasteiger partial charge in [-0.1, -0.05) is 6.92 Å². The minimum Gasteiger partial charge on any atom is -0.392 e. The summed E-state index contributed by atoms with van der Waals surface area (Å²) < 4.78 is 27.0. The lowest BCUT2D eigenvalue weighted by Gasteiger charge is -2.29. The highest BCUT2D eigenvalue weighted by Crippen LogP contribution is 2.12. The van der Waals surface area contributed by atoms with Crippen LogP contribution in [-0.4, -0.2) is 43.6 Å². The number of nitrogens with zero attached hydrogens (tertiary/aromatic N) is 1. The largest absolute Gasteiger partial charge is 0.392 e. The van der Waals surface area contributed by atoms with Gasteiger partial charge in [-0.3, -0.25) is 0 Å². The van der Waals surface area contributed by atoms with Crippen molar-refractivity contribution in [3.8, 4) is 0 Å². The molecule has 1 heterocycles. The van der Waals surface area contributed by atoms with Gasteiger partial charge in [-0.2, -0.15) is 12.7 Å². The summed E-state index contributed by atoms with van der Waals surface area (Å²) in [5.74, 6) is 0. The van der Waals surface area contributed by atoms with Crippen LogP contribution < -0.4 is 4.72 Å². The van der Waals surface area contributed by atoms with E-state index in [0.29, 0.717) is 19.5 Å². The fraction of sp³-hybridized carbons (Fsp3) is 1.00. The van der Waals surface area contributed by atoms with Gasteiger partial charge in [-0.25, -0.2) is 4.72 Å². The predicted octanol–water partition coefficient (Wildman–Crippen LogP) is -0.313. The number of aliphatic hydroxyl groups excluding tert-OH is 1. The highest BCUT2D eigenvalue weighted by atomic mass is 32.2. The van der Waals surface area contributed by atoms with Crippen molar-refractivity contribution in [3.63, 3.8) is 0 Å². The lowest BCUT2D eigenvalue weighted by atomic mass is 10.1. The van der Waals surface area contributed by atoms with Gasteiger partial charge in [0.15, 0.2) is 0 Å². The average Bonchev–Trinajstić information content (AvgIpc) is 2.15. The molecule has 0 aromatic heterocycles. The molecule has 0 radical (unpaired) electrons. The number of nitrogens with one attached hydrogen (secondary N) is 1. The van der Waals surface area contributed by atoms with E-state index in [-0.39, 0.29) is 6.54 Å². The van der Waals surface area contributed by atoms with Gasteiger partial charge in [-0.15, -0.1) is 0 Å². The quantitative estimate of drug-likeness (QED) is 0.685. The van der Waals surface area contributed by atoms with Crippen LogP contribution in [0.3, 0.4) is 0 Å². The number of aliphatic hydroxyl groups is 1. The van der Waals surface area contributed by atoms with Crippen LogP contribution in [0, 0.1) is 0 Å². The molecule has 2 N–H and O–H groups in total. The van der Waals surface area contributed by atoms with Crippen molar-refractivity contribution in [1.29, 1.82) is 0 Å². The highest BCUT2D eigenvalue weighted by molar-refractivity contribution is 7.87. The van der Waals surface area contributed by atoms with Crippen LogP contribution >= 0.6 is 0 Å². The Balaban J connectivity index is 2.53. The third-order valence-electron chi connectivity index (χ3n) is 2.23. The molecule has 0 bridgehead atoms. The smallest absolute Gasteiger partial charge is 0.279 e. The first kappa shape index (κ1) is 11.9. The van der Waals surface area contributed by atoms with Gasteiger partial charge >= 0.3 is 0 Å². The van der Waals surface area contributed by atoms with Crippen molar-refractivity contribution in [2.24, 2.45) is 0 Å². The summed E-state index contributed by atoms with van der Waals surface area (Å²) in [5.41, 5.74) is 0. The Morgan fingerprint density at radius 1 is 1.57 bits per heavy atom. The first-order valence-electron chi connectivity index (χ1n) is 4.99. The molecule has 1 aliphatic rings. The van der Waals surface area contributed by atoms with Crippen molar-refractivity contribution < 1.29 is 13.5 Å². The van der Waals surface area contributed by atoms with E-state index in [1.165, 1.54) is 4.31 Å². The zero-order chi connectivity index (χ0) is 10.6. The van der Waals surface area contributed by atoms with Crippen molar-refractivity contribution in [3.05, 3.63) is 0 Å². The molecule has 0 aromatic carbocycles. The maximum atomic E-state index is 11.6. The fourth-order valence-corrected chi connectivity index (χ4v) is 2.84. The van der Waals surface area contributed by atoms with Gasteiger partial charge in [0.2, 0.25) is 0 Å². The molecule has 14 heavy (non-hydrogen) atoms. The zero-order valence-electron chi connectivity index (χ0n) is 8.44. The third-order valence-corrected chi connectivity index (χ3v) is 3.81. The van der Waals surface area contributed by atoms with E-state index in [4.69, 9.17) is 0 Å². The molecule has 0 aliphatic carbocycles. The fourth-order valence-electron chi connectivity index (χ4n) is 1.46. The second-order valence-corrected chi connectivity index (χ2v) is 5.31. The lowest BCUT2D eigenvalue weighted by Crippen LogP contribution is -2.47. The summed E-state index contributed by atoms with van der Waals surface area (Å²) in [4.78, 5) is 0. The Morgan fingerprint density at radius 2 is 2.29 bits per heavy atom. The maximum Gasteiger partial charge on any atom is 0.279 e. The van der Waals surface area contributed by atoms with Crippen LogP contribution in [0.2, 0.25) is 0 Å². The van der Waals surface area contributed by atoms with Crippen LogP contribution in [-0.2, 0) is 10.2 Å². The summed E-state index contributed by atoms with van der Waals surface area (Å²) in [6.45, 7) is 3.09. The normalized spacial score (nSPS) is 25.1. The van der Waals surface area contributed by atoms with Crippen LogP contribution in [0.25, 0.3) is 0 Å². The van der Waals surface area contributed by atoms with Gasteiger partial charge in [-0.05, 0) is 19.3 Å². The minimum atomic E-state index is -3.36. The van der Waals surface area contributed by atoms with Gasteiger partial charge in [0.1, 0.15) is 0 Å². The lowest BCUT2D eigenvalue weighted by molar-refractivity contribution is 0.107. The van der Waals surface area contributed by atoms with Crippen molar-refractivity contribution in [1.82, 2.24) is 9.03 Å². The summed E-state index contributed by atoms with van der Waals surface area (Å²) >= 11 is 0. The predicted molar refractivity (Wildman–Crippen MR) is 54.0 cm³/mol. The Labute approximate surface area is 85.3 Å². The molecule has 1 atom stereocenters.